The van der Waals surface area contributed by atoms with Crippen molar-refractivity contribution in [3.63, 3.8) is 0 Å². The van der Waals surface area contributed by atoms with Crippen molar-refractivity contribution < 1.29 is 4.74 Å². The van der Waals surface area contributed by atoms with Crippen molar-refractivity contribution >= 4 is 5.96 Å². The number of guanidine groups is 1. The lowest BCUT2D eigenvalue weighted by Gasteiger charge is -2.22. The van der Waals surface area contributed by atoms with E-state index in [1.54, 1.807) is 0 Å². The summed E-state index contributed by atoms with van der Waals surface area (Å²) >= 11 is 0. The molecule has 0 atom stereocenters. The third-order valence-electron chi connectivity index (χ3n) is 4.13. The summed E-state index contributed by atoms with van der Waals surface area (Å²) in [6.45, 7) is 9.16. The van der Waals surface area contributed by atoms with Gasteiger partial charge in [0, 0.05) is 32.5 Å². The second-order valence-corrected chi connectivity index (χ2v) is 6.82. The Bertz CT molecular complexity index is 706. The van der Waals surface area contributed by atoms with Crippen LogP contribution in [-0.2, 0) is 31.5 Å². The maximum Gasteiger partial charge on any atom is 0.194 e. The normalized spacial score (nSPS) is 11.8. The minimum absolute atomic E-state index is 0.239. The molecule has 5 heteroatoms. The van der Waals surface area contributed by atoms with Crippen LogP contribution in [0.5, 0.6) is 0 Å². The monoisotopic (exact) mass is 356 g/mol. The first-order valence-corrected chi connectivity index (χ1v) is 9.28. The lowest BCUT2D eigenvalue weighted by Crippen LogP contribution is -2.38. The minimum Gasteiger partial charge on any atom is -0.374 e. The molecule has 0 amide bonds. The van der Waals surface area contributed by atoms with Crippen LogP contribution in [0.1, 0.15) is 37.6 Å². The van der Waals surface area contributed by atoms with E-state index in [-0.39, 0.29) is 6.10 Å². The fourth-order valence-corrected chi connectivity index (χ4v) is 2.70. The Morgan fingerprint density at radius 2 is 2.00 bits per heavy atom. The Hall–Kier alpha value is -2.27. The number of nitrogens with zero attached hydrogens (tertiary/aromatic N) is 3. The number of hydrogen-bond acceptors (Lipinski definition) is 2. The Morgan fingerprint density at radius 1 is 1.23 bits per heavy atom. The molecule has 0 aliphatic heterocycles. The molecule has 0 radical (unpaired) electrons. The van der Waals surface area contributed by atoms with Crippen LogP contribution in [0.15, 0.2) is 47.6 Å². The van der Waals surface area contributed by atoms with Crippen LogP contribution >= 0.6 is 0 Å². The van der Waals surface area contributed by atoms with Gasteiger partial charge in [-0.25, -0.2) is 4.99 Å². The molecule has 0 bridgehead atoms. The van der Waals surface area contributed by atoms with Gasteiger partial charge in [0.1, 0.15) is 0 Å². The molecule has 5 nitrogen and oxygen atoms in total. The van der Waals surface area contributed by atoms with Gasteiger partial charge in [-0.1, -0.05) is 24.3 Å². The zero-order valence-corrected chi connectivity index (χ0v) is 16.7. The molecule has 0 unspecified atom stereocenters. The van der Waals surface area contributed by atoms with E-state index in [1.165, 1.54) is 16.8 Å². The Kier molecular flexibility index (Phi) is 7.73. The van der Waals surface area contributed by atoms with Gasteiger partial charge in [-0.05, 0) is 44.0 Å². The topological polar surface area (TPSA) is 41.8 Å². The predicted molar refractivity (Wildman–Crippen MR) is 108 cm³/mol. The first-order chi connectivity index (χ1) is 12.5. The minimum atomic E-state index is 0.239. The van der Waals surface area contributed by atoms with Gasteiger partial charge in [-0.15, -0.1) is 0 Å². The lowest BCUT2D eigenvalue weighted by atomic mass is 10.1. The number of ether oxygens (including phenoxy) is 1. The van der Waals surface area contributed by atoms with Crippen LogP contribution in [0.4, 0.5) is 0 Å². The number of benzene rings is 1. The van der Waals surface area contributed by atoms with Crippen LogP contribution in [0.2, 0.25) is 0 Å². The average molecular weight is 357 g/mol. The number of rotatable bonds is 8. The molecule has 142 valence electrons. The summed E-state index contributed by atoms with van der Waals surface area (Å²) in [5.74, 6) is 0.914. The van der Waals surface area contributed by atoms with Crippen molar-refractivity contribution in [3.8, 4) is 0 Å². The van der Waals surface area contributed by atoms with Crippen molar-refractivity contribution in [1.82, 2.24) is 14.8 Å². The van der Waals surface area contributed by atoms with Gasteiger partial charge >= 0.3 is 0 Å². The van der Waals surface area contributed by atoms with Gasteiger partial charge in [0.25, 0.3) is 0 Å². The zero-order valence-electron chi connectivity index (χ0n) is 16.7. The molecule has 2 rings (SSSR count). The number of aromatic nitrogens is 1. The maximum absolute atomic E-state index is 5.70. The maximum atomic E-state index is 5.70. The Morgan fingerprint density at radius 3 is 2.65 bits per heavy atom. The van der Waals surface area contributed by atoms with Crippen molar-refractivity contribution in [2.75, 3.05) is 13.6 Å². The standard InChI is InChI=1S/C21H32N4O/c1-6-22-21(25(5)15-20-11-8-12-24(20)4)23-14-18-9-7-10-19(13-18)16-26-17(2)3/h7-13,17H,6,14-16H2,1-5H3,(H,22,23). The average Bonchev–Trinajstić information content (AvgIpc) is 3.02. The van der Waals surface area contributed by atoms with Crippen LogP contribution in [0.25, 0.3) is 0 Å². The molecule has 0 fully saturated rings. The van der Waals surface area contributed by atoms with Gasteiger partial charge in [-0.3, -0.25) is 0 Å². The van der Waals surface area contributed by atoms with Crippen LogP contribution < -0.4 is 5.32 Å². The quantitative estimate of drug-likeness (QED) is 0.581. The molecule has 1 heterocycles. The van der Waals surface area contributed by atoms with E-state index in [9.17, 15) is 0 Å². The van der Waals surface area contributed by atoms with Gasteiger partial charge in [0.2, 0.25) is 0 Å². The van der Waals surface area contributed by atoms with Gasteiger partial charge in [0.05, 0.1) is 25.8 Å². The highest BCUT2D eigenvalue weighted by Gasteiger charge is 2.08. The zero-order chi connectivity index (χ0) is 18.9. The first kappa shape index (κ1) is 20.0. The molecular formula is C21H32N4O. The highest BCUT2D eigenvalue weighted by Crippen LogP contribution is 2.10. The second-order valence-electron chi connectivity index (χ2n) is 6.82. The van der Waals surface area contributed by atoms with E-state index >= 15 is 0 Å². The first-order valence-electron chi connectivity index (χ1n) is 9.28. The van der Waals surface area contributed by atoms with E-state index in [1.807, 2.05) is 0 Å². The summed E-state index contributed by atoms with van der Waals surface area (Å²) in [7, 11) is 4.14. The molecule has 1 aromatic carbocycles. The second kappa shape index (κ2) is 10.0. The van der Waals surface area contributed by atoms with Gasteiger partial charge in [-0.2, -0.15) is 0 Å². The van der Waals surface area contributed by atoms with Gasteiger partial charge < -0.3 is 19.5 Å². The number of aliphatic imine (C=N–C) groups is 1. The number of nitrogens with one attached hydrogen (secondary N) is 1. The third kappa shape index (κ3) is 6.23. The predicted octanol–water partition coefficient (Wildman–Crippen LogP) is 3.55. The molecule has 26 heavy (non-hydrogen) atoms. The molecule has 0 aliphatic rings. The van der Waals surface area contributed by atoms with E-state index in [0.29, 0.717) is 13.2 Å². The Balaban J connectivity index is 2.04. The molecule has 0 spiro atoms. The van der Waals surface area contributed by atoms with E-state index in [2.05, 4.69) is 92.2 Å². The van der Waals surface area contributed by atoms with Crippen LogP contribution in [-0.4, -0.2) is 35.1 Å². The summed E-state index contributed by atoms with van der Waals surface area (Å²) in [4.78, 5) is 6.97. The van der Waals surface area contributed by atoms with Crippen LogP contribution in [0.3, 0.4) is 0 Å². The highest BCUT2D eigenvalue weighted by atomic mass is 16.5. The molecule has 0 saturated heterocycles. The van der Waals surface area contributed by atoms with E-state index in [0.717, 1.165) is 19.0 Å². The summed E-state index contributed by atoms with van der Waals surface area (Å²) in [5, 5.41) is 3.38. The molecule has 2 aromatic rings. The molecular weight excluding hydrogens is 324 g/mol. The smallest absolute Gasteiger partial charge is 0.194 e. The van der Waals surface area contributed by atoms with Crippen LogP contribution in [0, 0.1) is 0 Å². The van der Waals surface area contributed by atoms with Crippen molar-refractivity contribution in [2.45, 2.75) is 46.6 Å². The summed E-state index contributed by atoms with van der Waals surface area (Å²) in [6, 6.07) is 12.7. The molecule has 1 N–H and O–H groups in total. The fraction of sp³-hybridized carbons (Fsp3) is 0.476. The largest absolute Gasteiger partial charge is 0.374 e. The van der Waals surface area contributed by atoms with E-state index < -0.39 is 0 Å². The summed E-state index contributed by atoms with van der Waals surface area (Å²) < 4.78 is 7.83. The highest BCUT2D eigenvalue weighted by molar-refractivity contribution is 5.79. The number of aryl methyl sites for hydroxylation is 1. The van der Waals surface area contributed by atoms with Crippen molar-refractivity contribution in [1.29, 1.82) is 0 Å². The summed E-state index contributed by atoms with van der Waals surface area (Å²) in [5.41, 5.74) is 3.64. The number of hydrogen-bond donors (Lipinski definition) is 1. The van der Waals surface area contributed by atoms with Gasteiger partial charge in [0.15, 0.2) is 5.96 Å². The SMILES string of the molecule is CCNC(=NCc1cccc(COC(C)C)c1)N(C)Cc1cccn1C. The van der Waals surface area contributed by atoms with Crippen molar-refractivity contribution in [2.24, 2.45) is 12.0 Å². The third-order valence-corrected chi connectivity index (χ3v) is 4.13. The summed E-state index contributed by atoms with van der Waals surface area (Å²) in [6.07, 6.45) is 2.31. The molecule has 0 saturated carbocycles. The molecule has 1 aromatic heterocycles. The Labute approximate surface area is 157 Å². The molecule has 0 aliphatic carbocycles. The lowest BCUT2D eigenvalue weighted by molar-refractivity contribution is 0.0657. The van der Waals surface area contributed by atoms with Crippen molar-refractivity contribution in [3.05, 3.63) is 59.4 Å². The van der Waals surface area contributed by atoms with E-state index in [4.69, 9.17) is 9.73 Å². The fourth-order valence-electron chi connectivity index (χ4n) is 2.70.